The van der Waals surface area contributed by atoms with Crippen molar-refractivity contribution < 1.29 is 23.5 Å². The highest BCUT2D eigenvalue weighted by Crippen LogP contribution is 2.29. The van der Waals surface area contributed by atoms with Crippen molar-refractivity contribution in [3.63, 3.8) is 0 Å². The van der Waals surface area contributed by atoms with E-state index < -0.39 is 35.7 Å². The Morgan fingerprint density at radius 3 is 1.94 bits per heavy atom. The first-order valence-electron chi connectivity index (χ1n) is 11.6. The van der Waals surface area contributed by atoms with E-state index in [9.17, 15) is 18.8 Å². The molecule has 0 fully saturated rings. The van der Waals surface area contributed by atoms with Crippen molar-refractivity contribution in [2.45, 2.75) is 31.8 Å². The van der Waals surface area contributed by atoms with Crippen LogP contribution in [0.1, 0.15) is 18.1 Å². The number of methoxy groups -OCH3 is 1. The number of hydrogen-bond donors (Lipinski definition) is 2. The third-order valence-electron chi connectivity index (χ3n) is 6.14. The molecule has 0 aliphatic heterocycles. The van der Waals surface area contributed by atoms with E-state index in [1.807, 2.05) is 48.5 Å². The minimum Gasteiger partial charge on any atom is -0.467 e. The SMILES string of the molecule is COC(=O)[C@@H](Cc1c2ccccc2cc2ccccc12)NC(=O)[C@H](Cc1ccc(F)cc1)NC(C)=O. The standard InChI is InChI=1S/C29H27FN2O4/c1-18(33)31-26(15-19-11-13-22(30)14-12-19)28(34)32-27(29(35)36-2)17-25-23-9-5-3-7-20(23)16-21-8-4-6-10-24(21)25/h3-14,16,26-27H,15,17H2,1-2H3,(H,31,33)(H,32,34)/t26-,27+/m0/s1. The van der Waals surface area contributed by atoms with Crippen LogP contribution in [0, 0.1) is 5.82 Å². The number of amides is 2. The van der Waals surface area contributed by atoms with Crippen LogP contribution in [0.3, 0.4) is 0 Å². The summed E-state index contributed by atoms with van der Waals surface area (Å²) in [7, 11) is 1.27. The van der Waals surface area contributed by atoms with Gasteiger partial charge in [-0.15, -0.1) is 0 Å². The molecule has 6 nitrogen and oxygen atoms in total. The molecule has 36 heavy (non-hydrogen) atoms. The van der Waals surface area contributed by atoms with Crippen molar-refractivity contribution in [2.75, 3.05) is 7.11 Å². The van der Waals surface area contributed by atoms with Gasteiger partial charge in [-0.2, -0.15) is 0 Å². The molecule has 4 aromatic carbocycles. The number of fused-ring (bicyclic) bond motifs is 2. The van der Waals surface area contributed by atoms with Gasteiger partial charge in [-0.1, -0.05) is 60.7 Å². The van der Waals surface area contributed by atoms with Gasteiger partial charge in [0.25, 0.3) is 0 Å². The maximum Gasteiger partial charge on any atom is 0.328 e. The van der Waals surface area contributed by atoms with Crippen molar-refractivity contribution in [1.82, 2.24) is 10.6 Å². The van der Waals surface area contributed by atoms with Crippen LogP contribution in [0.25, 0.3) is 21.5 Å². The van der Waals surface area contributed by atoms with E-state index in [4.69, 9.17) is 4.74 Å². The van der Waals surface area contributed by atoms with Crippen LogP contribution < -0.4 is 10.6 Å². The molecule has 0 bridgehead atoms. The fraction of sp³-hybridized carbons (Fsp3) is 0.207. The zero-order valence-corrected chi connectivity index (χ0v) is 20.1. The molecular weight excluding hydrogens is 459 g/mol. The van der Waals surface area contributed by atoms with Gasteiger partial charge in [-0.3, -0.25) is 9.59 Å². The lowest BCUT2D eigenvalue weighted by molar-refractivity contribution is -0.145. The molecule has 0 unspecified atom stereocenters. The summed E-state index contributed by atoms with van der Waals surface area (Å²) in [5, 5.41) is 9.41. The quantitative estimate of drug-likeness (QED) is 0.290. The average Bonchev–Trinajstić information content (AvgIpc) is 2.88. The number of rotatable bonds is 8. The zero-order chi connectivity index (χ0) is 25.7. The highest BCUT2D eigenvalue weighted by Gasteiger charge is 2.28. The van der Waals surface area contributed by atoms with E-state index in [2.05, 4.69) is 16.7 Å². The van der Waals surface area contributed by atoms with Crippen LogP contribution >= 0.6 is 0 Å². The smallest absolute Gasteiger partial charge is 0.328 e. The van der Waals surface area contributed by atoms with E-state index >= 15 is 0 Å². The normalized spacial score (nSPS) is 12.6. The lowest BCUT2D eigenvalue weighted by Gasteiger charge is -2.23. The van der Waals surface area contributed by atoms with Gasteiger partial charge in [0.2, 0.25) is 11.8 Å². The molecule has 4 rings (SSSR count). The van der Waals surface area contributed by atoms with Crippen LogP contribution in [0.15, 0.2) is 78.9 Å². The molecular formula is C29H27FN2O4. The number of benzene rings is 4. The second kappa shape index (κ2) is 11.0. The van der Waals surface area contributed by atoms with E-state index in [0.29, 0.717) is 5.56 Å². The van der Waals surface area contributed by atoms with Crippen molar-refractivity contribution in [3.8, 4) is 0 Å². The predicted molar refractivity (Wildman–Crippen MR) is 137 cm³/mol. The van der Waals surface area contributed by atoms with Gasteiger partial charge in [0, 0.05) is 19.8 Å². The third kappa shape index (κ3) is 5.68. The van der Waals surface area contributed by atoms with E-state index in [1.165, 1.54) is 26.2 Å². The topological polar surface area (TPSA) is 84.5 Å². The summed E-state index contributed by atoms with van der Waals surface area (Å²) in [6, 6.07) is 21.6. The Labute approximate surface area is 208 Å². The van der Waals surface area contributed by atoms with Crippen LogP contribution in [0.5, 0.6) is 0 Å². The van der Waals surface area contributed by atoms with Gasteiger partial charge < -0.3 is 15.4 Å². The maximum atomic E-state index is 13.3. The van der Waals surface area contributed by atoms with E-state index in [1.54, 1.807) is 12.1 Å². The molecule has 4 aromatic rings. The fourth-order valence-electron chi connectivity index (χ4n) is 4.45. The maximum absolute atomic E-state index is 13.3. The number of ether oxygens (including phenoxy) is 1. The molecule has 0 aromatic heterocycles. The fourth-order valence-corrected chi connectivity index (χ4v) is 4.45. The second-order valence-electron chi connectivity index (χ2n) is 8.67. The summed E-state index contributed by atoms with van der Waals surface area (Å²) >= 11 is 0. The predicted octanol–water partition coefficient (Wildman–Crippen LogP) is 4.08. The van der Waals surface area contributed by atoms with Gasteiger partial charge in [-0.25, -0.2) is 9.18 Å². The Bertz CT molecular complexity index is 1360. The van der Waals surface area contributed by atoms with Gasteiger partial charge in [0.15, 0.2) is 0 Å². The molecule has 0 aliphatic rings. The summed E-state index contributed by atoms with van der Waals surface area (Å²) in [6.45, 7) is 1.31. The molecule has 7 heteroatoms. The third-order valence-corrected chi connectivity index (χ3v) is 6.14. The molecule has 2 atom stereocenters. The highest BCUT2D eigenvalue weighted by atomic mass is 19.1. The van der Waals surface area contributed by atoms with Gasteiger partial charge >= 0.3 is 5.97 Å². The molecule has 0 saturated carbocycles. The molecule has 0 heterocycles. The van der Waals surface area contributed by atoms with Gasteiger partial charge in [0.05, 0.1) is 7.11 Å². The summed E-state index contributed by atoms with van der Waals surface area (Å²) < 4.78 is 18.3. The first kappa shape index (κ1) is 24.9. The largest absolute Gasteiger partial charge is 0.467 e. The molecule has 2 amide bonds. The summed E-state index contributed by atoms with van der Waals surface area (Å²) in [5.74, 6) is -1.92. The Kier molecular flexibility index (Phi) is 7.59. The lowest BCUT2D eigenvalue weighted by atomic mass is 9.92. The monoisotopic (exact) mass is 486 g/mol. The first-order chi connectivity index (χ1) is 17.4. The lowest BCUT2D eigenvalue weighted by Crippen LogP contribution is -2.53. The second-order valence-corrected chi connectivity index (χ2v) is 8.67. The number of halogens is 1. The van der Waals surface area contributed by atoms with Crippen molar-refractivity contribution in [2.24, 2.45) is 0 Å². The Hall–Kier alpha value is -4.26. The minimum atomic E-state index is -0.985. The molecule has 0 radical (unpaired) electrons. The number of nitrogens with one attached hydrogen (secondary N) is 2. The molecule has 2 N–H and O–H groups in total. The van der Waals surface area contributed by atoms with Gasteiger partial charge in [0.1, 0.15) is 17.9 Å². The van der Waals surface area contributed by atoms with Crippen LogP contribution in [-0.2, 0) is 32.0 Å². The van der Waals surface area contributed by atoms with Crippen LogP contribution in [0.2, 0.25) is 0 Å². The highest BCUT2D eigenvalue weighted by molar-refractivity contribution is 6.03. The first-order valence-corrected chi connectivity index (χ1v) is 11.6. The zero-order valence-electron chi connectivity index (χ0n) is 20.1. The summed E-state index contributed by atoms with van der Waals surface area (Å²) in [5.41, 5.74) is 1.58. The van der Waals surface area contributed by atoms with Gasteiger partial charge in [-0.05, 0) is 50.9 Å². The Balaban J connectivity index is 1.66. The van der Waals surface area contributed by atoms with Crippen LogP contribution in [0.4, 0.5) is 4.39 Å². The molecule has 0 aliphatic carbocycles. The van der Waals surface area contributed by atoms with Crippen molar-refractivity contribution >= 4 is 39.3 Å². The average molecular weight is 487 g/mol. The number of carbonyl (C=O) groups is 3. The minimum absolute atomic E-state index is 0.136. The number of carbonyl (C=O) groups excluding carboxylic acids is 3. The molecule has 0 spiro atoms. The van der Waals surface area contributed by atoms with E-state index in [0.717, 1.165) is 27.1 Å². The summed E-state index contributed by atoms with van der Waals surface area (Å²) in [4.78, 5) is 37.9. The van der Waals surface area contributed by atoms with Crippen LogP contribution in [-0.4, -0.2) is 37.0 Å². The molecule has 184 valence electrons. The van der Waals surface area contributed by atoms with Crippen molar-refractivity contribution in [3.05, 3.63) is 95.8 Å². The summed E-state index contributed by atoms with van der Waals surface area (Å²) in [6.07, 6.45) is 0.334. The number of esters is 1. The number of hydrogen-bond acceptors (Lipinski definition) is 4. The molecule has 0 saturated heterocycles. The van der Waals surface area contributed by atoms with Crippen molar-refractivity contribution in [1.29, 1.82) is 0 Å². The Morgan fingerprint density at radius 1 is 0.806 bits per heavy atom. The van der Waals surface area contributed by atoms with E-state index in [-0.39, 0.29) is 12.8 Å². The Morgan fingerprint density at radius 2 is 1.39 bits per heavy atom.